The van der Waals surface area contributed by atoms with Gasteiger partial charge >= 0.3 is 0 Å². The number of carbonyl (C=O) groups excluding carboxylic acids is 1. The number of nitrogens with two attached hydrogens (primary N) is 1. The van der Waals surface area contributed by atoms with E-state index < -0.39 is 5.91 Å². The van der Waals surface area contributed by atoms with Gasteiger partial charge in [0.25, 0.3) is 5.91 Å². The fourth-order valence-electron chi connectivity index (χ4n) is 2.14. The second kappa shape index (κ2) is 6.87. The monoisotopic (exact) mass is 350 g/mol. The van der Waals surface area contributed by atoms with Crippen molar-refractivity contribution in [1.82, 2.24) is 15.1 Å². The molecule has 2 rings (SSSR count). The second-order valence-electron chi connectivity index (χ2n) is 4.89. The van der Waals surface area contributed by atoms with Crippen LogP contribution in [0.2, 0.25) is 0 Å². The highest BCUT2D eigenvalue weighted by Gasteiger charge is 2.14. The normalized spacial score (nSPS) is 12.3. The van der Waals surface area contributed by atoms with E-state index in [1.54, 1.807) is 16.9 Å². The number of primary amides is 1. The van der Waals surface area contributed by atoms with Crippen LogP contribution in [0.25, 0.3) is 5.69 Å². The van der Waals surface area contributed by atoms with Gasteiger partial charge in [-0.15, -0.1) is 0 Å². The molecule has 0 saturated heterocycles. The Morgan fingerprint density at radius 1 is 1.48 bits per heavy atom. The fourth-order valence-corrected chi connectivity index (χ4v) is 2.52. The third-order valence-electron chi connectivity index (χ3n) is 3.24. The average molecular weight is 351 g/mol. The molecular formula is C15H19BrN4O. The van der Waals surface area contributed by atoms with Crippen LogP contribution in [0.1, 0.15) is 42.4 Å². The molecule has 6 heteroatoms. The molecule has 1 aromatic carbocycles. The Bertz CT molecular complexity index is 638. The molecular weight excluding hydrogens is 332 g/mol. The molecule has 0 saturated carbocycles. The van der Waals surface area contributed by atoms with E-state index in [9.17, 15) is 4.79 Å². The van der Waals surface area contributed by atoms with Crippen LogP contribution in [0.3, 0.4) is 0 Å². The van der Waals surface area contributed by atoms with Crippen LogP contribution in [-0.2, 0) is 0 Å². The Kier molecular flexibility index (Phi) is 5.14. The molecule has 5 nitrogen and oxygen atoms in total. The maximum absolute atomic E-state index is 11.2. The molecule has 3 N–H and O–H groups in total. The molecule has 0 aliphatic heterocycles. The lowest BCUT2D eigenvalue weighted by Gasteiger charge is -2.18. The Morgan fingerprint density at radius 2 is 2.24 bits per heavy atom. The van der Waals surface area contributed by atoms with Gasteiger partial charge in [0.05, 0.1) is 5.69 Å². The van der Waals surface area contributed by atoms with Crippen molar-refractivity contribution in [2.45, 2.75) is 26.3 Å². The molecule has 0 radical (unpaired) electrons. The van der Waals surface area contributed by atoms with Gasteiger partial charge < -0.3 is 11.1 Å². The molecule has 0 aliphatic rings. The maximum atomic E-state index is 11.2. The van der Waals surface area contributed by atoms with Crippen molar-refractivity contribution in [3.63, 3.8) is 0 Å². The van der Waals surface area contributed by atoms with Crippen LogP contribution in [0, 0.1) is 0 Å². The van der Waals surface area contributed by atoms with Gasteiger partial charge in [-0.05, 0) is 49.7 Å². The lowest BCUT2D eigenvalue weighted by atomic mass is 10.1. The zero-order chi connectivity index (χ0) is 15.4. The van der Waals surface area contributed by atoms with E-state index in [4.69, 9.17) is 5.73 Å². The number of benzene rings is 1. The van der Waals surface area contributed by atoms with Crippen molar-refractivity contribution in [1.29, 1.82) is 0 Å². The van der Waals surface area contributed by atoms with E-state index in [0.717, 1.165) is 28.7 Å². The zero-order valence-electron chi connectivity index (χ0n) is 12.1. The second-order valence-corrected chi connectivity index (χ2v) is 5.80. The number of rotatable bonds is 6. The summed E-state index contributed by atoms with van der Waals surface area (Å²) in [5.74, 6) is -0.524. The Balaban J connectivity index is 2.39. The molecule has 0 spiro atoms. The zero-order valence-corrected chi connectivity index (χ0v) is 13.7. The van der Waals surface area contributed by atoms with Gasteiger partial charge in [0.1, 0.15) is 5.69 Å². The van der Waals surface area contributed by atoms with E-state index in [2.05, 4.69) is 46.3 Å². The first-order chi connectivity index (χ1) is 10.0. The number of carbonyl (C=O) groups is 1. The molecule has 1 atom stereocenters. The molecule has 0 aliphatic carbocycles. The number of hydrogen-bond donors (Lipinski definition) is 2. The summed E-state index contributed by atoms with van der Waals surface area (Å²) < 4.78 is 2.69. The van der Waals surface area contributed by atoms with Gasteiger partial charge in [-0.3, -0.25) is 4.79 Å². The minimum absolute atomic E-state index is 0.179. The Morgan fingerprint density at radius 3 is 2.86 bits per heavy atom. The number of nitrogens with one attached hydrogen (secondary N) is 1. The molecule has 1 amide bonds. The van der Waals surface area contributed by atoms with E-state index in [1.165, 1.54) is 0 Å². The van der Waals surface area contributed by atoms with E-state index in [-0.39, 0.29) is 11.7 Å². The van der Waals surface area contributed by atoms with E-state index in [0.29, 0.717) is 0 Å². The third-order valence-corrected chi connectivity index (χ3v) is 3.74. The third kappa shape index (κ3) is 3.71. The summed E-state index contributed by atoms with van der Waals surface area (Å²) in [6.45, 7) is 5.19. The first-order valence-electron chi connectivity index (χ1n) is 6.91. The molecule has 112 valence electrons. The van der Waals surface area contributed by atoms with Crippen molar-refractivity contribution in [2.75, 3.05) is 6.54 Å². The smallest absolute Gasteiger partial charge is 0.269 e. The van der Waals surface area contributed by atoms with Crippen molar-refractivity contribution >= 4 is 21.8 Å². The van der Waals surface area contributed by atoms with Crippen LogP contribution in [0.5, 0.6) is 0 Å². The molecule has 2 aromatic rings. The predicted octanol–water partition coefficient (Wildman–Crippen LogP) is 2.79. The average Bonchev–Trinajstić information content (AvgIpc) is 2.94. The van der Waals surface area contributed by atoms with Crippen LogP contribution in [-0.4, -0.2) is 22.2 Å². The van der Waals surface area contributed by atoms with Crippen molar-refractivity contribution in [3.8, 4) is 5.69 Å². The van der Waals surface area contributed by atoms with Crippen LogP contribution in [0.4, 0.5) is 0 Å². The van der Waals surface area contributed by atoms with Gasteiger partial charge in [-0.25, -0.2) is 4.68 Å². The van der Waals surface area contributed by atoms with E-state index >= 15 is 0 Å². The highest BCUT2D eigenvalue weighted by atomic mass is 79.9. The molecule has 0 bridgehead atoms. The Hall–Kier alpha value is -1.66. The molecule has 21 heavy (non-hydrogen) atoms. The summed E-state index contributed by atoms with van der Waals surface area (Å²) in [5, 5.41) is 7.69. The van der Waals surface area contributed by atoms with E-state index in [1.807, 2.05) is 12.1 Å². The summed E-state index contributed by atoms with van der Waals surface area (Å²) in [4.78, 5) is 11.2. The van der Waals surface area contributed by atoms with Crippen molar-refractivity contribution < 1.29 is 4.79 Å². The summed E-state index contributed by atoms with van der Waals surface area (Å²) in [6.07, 6.45) is 2.82. The summed E-state index contributed by atoms with van der Waals surface area (Å²) in [7, 11) is 0. The minimum Gasteiger partial charge on any atom is -0.364 e. The number of hydrogen-bond acceptors (Lipinski definition) is 3. The van der Waals surface area contributed by atoms with Crippen molar-refractivity contribution in [2.24, 2.45) is 5.73 Å². The van der Waals surface area contributed by atoms with Gasteiger partial charge in [0.15, 0.2) is 0 Å². The van der Waals surface area contributed by atoms with Crippen molar-refractivity contribution in [3.05, 3.63) is 46.2 Å². The first-order valence-corrected chi connectivity index (χ1v) is 7.71. The lowest BCUT2D eigenvalue weighted by Crippen LogP contribution is -2.21. The number of halogens is 1. The van der Waals surface area contributed by atoms with Crippen LogP contribution in [0.15, 0.2) is 34.9 Å². The summed E-state index contributed by atoms with van der Waals surface area (Å²) >= 11 is 3.50. The van der Waals surface area contributed by atoms with Crippen LogP contribution >= 0.6 is 15.9 Å². The quantitative estimate of drug-likeness (QED) is 0.841. The Labute approximate surface area is 132 Å². The SMILES string of the molecule is CCCNC(C)c1cc(Br)ccc1-n1ccc(C(N)=O)n1. The summed E-state index contributed by atoms with van der Waals surface area (Å²) in [6, 6.07) is 7.80. The summed E-state index contributed by atoms with van der Waals surface area (Å²) in [5.41, 5.74) is 7.56. The minimum atomic E-state index is -0.524. The maximum Gasteiger partial charge on any atom is 0.269 e. The predicted molar refractivity (Wildman–Crippen MR) is 86.5 cm³/mol. The number of amides is 1. The first kappa shape index (κ1) is 15.7. The van der Waals surface area contributed by atoms with Crippen LogP contribution < -0.4 is 11.1 Å². The number of nitrogens with zero attached hydrogens (tertiary/aromatic N) is 2. The van der Waals surface area contributed by atoms with Gasteiger partial charge in [-0.1, -0.05) is 22.9 Å². The van der Waals surface area contributed by atoms with Gasteiger partial charge in [-0.2, -0.15) is 5.10 Å². The molecule has 0 fully saturated rings. The molecule has 1 unspecified atom stereocenters. The largest absolute Gasteiger partial charge is 0.364 e. The molecule has 1 heterocycles. The van der Waals surface area contributed by atoms with Gasteiger partial charge in [0.2, 0.25) is 0 Å². The van der Waals surface area contributed by atoms with Gasteiger partial charge in [0, 0.05) is 16.7 Å². The lowest BCUT2D eigenvalue weighted by molar-refractivity contribution is 0.0995. The fraction of sp³-hybridized carbons (Fsp3) is 0.333. The highest BCUT2D eigenvalue weighted by Crippen LogP contribution is 2.25. The topological polar surface area (TPSA) is 72.9 Å². The number of aromatic nitrogens is 2. The standard InChI is InChI=1S/C15H19BrN4O/c1-3-7-18-10(2)12-9-11(16)4-5-14(12)20-8-6-13(19-20)15(17)21/h4-6,8-10,18H,3,7H2,1-2H3,(H2,17,21). The molecule has 1 aromatic heterocycles. The highest BCUT2D eigenvalue weighted by molar-refractivity contribution is 9.10.